The summed E-state index contributed by atoms with van der Waals surface area (Å²) >= 11 is 0. The normalized spacial score (nSPS) is 13.8. The molecule has 1 aromatic carbocycles. The van der Waals surface area contributed by atoms with Gasteiger partial charge in [0.15, 0.2) is 0 Å². The number of amides is 1. The Morgan fingerprint density at radius 2 is 1.90 bits per heavy atom. The summed E-state index contributed by atoms with van der Waals surface area (Å²) in [5, 5.41) is 8.73. The van der Waals surface area contributed by atoms with Gasteiger partial charge in [0.25, 0.3) is 0 Å². The van der Waals surface area contributed by atoms with Gasteiger partial charge in [0.05, 0.1) is 19.4 Å². The largest absolute Gasteiger partial charge is 0.493 e. The van der Waals surface area contributed by atoms with Gasteiger partial charge in [0.1, 0.15) is 5.75 Å². The molecule has 1 aromatic rings. The van der Waals surface area contributed by atoms with Gasteiger partial charge in [-0.15, -0.1) is 0 Å². The zero-order valence-electron chi connectivity index (χ0n) is 12.2. The molecule has 21 heavy (non-hydrogen) atoms. The van der Waals surface area contributed by atoms with Crippen molar-refractivity contribution in [1.29, 1.82) is 0 Å². The molecule has 0 spiro atoms. The zero-order valence-corrected chi connectivity index (χ0v) is 12.2. The molecule has 0 bridgehead atoms. The molecule has 0 aliphatic heterocycles. The maximum absolute atomic E-state index is 12.1. The summed E-state index contributed by atoms with van der Waals surface area (Å²) in [5.74, 6) is -0.146. The van der Waals surface area contributed by atoms with Gasteiger partial charge in [-0.2, -0.15) is 0 Å². The van der Waals surface area contributed by atoms with Crippen LogP contribution in [-0.2, 0) is 9.59 Å². The summed E-state index contributed by atoms with van der Waals surface area (Å²) in [5.41, 5.74) is 1.16. The predicted octanol–water partition coefficient (Wildman–Crippen LogP) is 2.23. The van der Waals surface area contributed by atoms with Crippen LogP contribution in [-0.4, -0.2) is 41.1 Å². The van der Waals surface area contributed by atoms with Gasteiger partial charge in [0, 0.05) is 12.6 Å². The molecule has 0 unspecified atom stereocenters. The van der Waals surface area contributed by atoms with Crippen LogP contribution in [0, 0.1) is 6.92 Å². The molecule has 1 saturated carbocycles. The van der Waals surface area contributed by atoms with E-state index < -0.39 is 5.97 Å². The molecule has 1 amide bonds. The molecule has 0 saturated heterocycles. The van der Waals surface area contributed by atoms with Crippen LogP contribution in [0.25, 0.3) is 0 Å². The van der Waals surface area contributed by atoms with Crippen molar-refractivity contribution in [2.24, 2.45) is 0 Å². The molecule has 5 nitrogen and oxygen atoms in total. The summed E-state index contributed by atoms with van der Waals surface area (Å²) < 4.78 is 5.54. The Kier molecular flexibility index (Phi) is 5.20. The van der Waals surface area contributed by atoms with E-state index in [4.69, 9.17) is 9.84 Å². The molecule has 0 heterocycles. The predicted molar refractivity (Wildman–Crippen MR) is 78.3 cm³/mol. The second kappa shape index (κ2) is 7.11. The van der Waals surface area contributed by atoms with Crippen molar-refractivity contribution in [3.8, 4) is 5.75 Å². The van der Waals surface area contributed by atoms with Gasteiger partial charge >= 0.3 is 5.97 Å². The minimum atomic E-state index is -0.871. The number of carboxylic acids is 1. The third kappa shape index (κ3) is 5.10. The SMILES string of the molecule is Cc1ccc(OCCC(=O)N(CCC(=O)O)C2CC2)cc1. The summed E-state index contributed by atoms with van der Waals surface area (Å²) in [6.45, 7) is 2.62. The lowest BCUT2D eigenvalue weighted by Gasteiger charge is -2.21. The van der Waals surface area contributed by atoms with Crippen LogP contribution >= 0.6 is 0 Å². The number of benzene rings is 1. The highest BCUT2D eigenvalue weighted by molar-refractivity contribution is 5.77. The van der Waals surface area contributed by atoms with Gasteiger partial charge in [-0.25, -0.2) is 0 Å². The van der Waals surface area contributed by atoms with E-state index >= 15 is 0 Å². The Morgan fingerprint density at radius 3 is 2.48 bits per heavy atom. The first kappa shape index (κ1) is 15.4. The molecule has 1 fully saturated rings. The molecule has 0 atom stereocenters. The van der Waals surface area contributed by atoms with Crippen LogP contribution in [0.5, 0.6) is 5.75 Å². The molecular weight excluding hydrogens is 270 g/mol. The van der Waals surface area contributed by atoms with Gasteiger partial charge in [-0.3, -0.25) is 9.59 Å². The van der Waals surface area contributed by atoms with Crippen molar-refractivity contribution in [3.63, 3.8) is 0 Å². The smallest absolute Gasteiger partial charge is 0.305 e. The van der Waals surface area contributed by atoms with Crippen LogP contribution in [0.15, 0.2) is 24.3 Å². The molecule has 0 aromatic heterocycles. The summed E-state index contributed by atoms with van der Waals surface area (Å²) in [4.78, 5) is 24.5. The van der Waals surface area contributed by atoms with E-state index in [1.807, 2.05) is 31.2 Å². The first-order valence-electron chi connectivity index (χ1n) is 7.27. The third-order valence-corrected chi connectivity index (χ3v) is 3.48. The van der Waals surface area contributed by atoms with Crippen LogP contribution in [0.4, 0.5) is 0 Å². The topological polar surface area (TPSA) is 66.8 Å². The Bertz CT molecular complexity index is 494. The minimum Gasteiger partial charge on any atom is -0.493 e. The molecule has 114 valence electrons. The van der Waals surface area contributed by atoms with E-state index in [2.05, 4.69) is 0 Å². The number of rotatable bonds is 8. The molecular formula is C16H21NO4. The number of ether oxygens (including phenoxy) is 1. The first-order valence-corrected chi connectivity index (χ1v) is 7.27. The second-order valence-corrected chi connectivity index (χ2v) is 5.37. The second-order valence-electron chi connectivity index (χ2n) is 5.37. The zero-order chi connectivity index (χ0) is 15.2. The summed E-state index contributed by atoms with van der Waals surface area (Å²) in [6, 6.07) is 7.91. The number of carbonyl (C=O) groups is 2. The minimum absolute atomic E-state index is 0.00105. The highest BCUT2D eigenvalue weighted by atomic mass is 16.5. The summed E-state index contributed by atoms with van der Waals surface area (Å²) in [6.07, 6.45) is 2.24. The van der Waals surface area contributed by atoms with Crippen molar-refractivity contribution in [2.45, 2.75) is 38.6 Å². The van der Waals surface area contributed by atoms with Crippen molar-refractivity contribution < 1.29 is 19.4 Å². The number of nitrogens with zero attached hydrogens (tertiary/aromatic N) is 1. The van der Waals surface area contributed by atoms with Crippen molar-refractivity contribution in [1.82, 2.24) is 4.90 Å². The molecule has 1 N–H and O–H groups in total. The number of hydrogen-bond acceptors (Lipinski definition) is 3. The fourth-order valence-electron chi connectivity index (χ4n) is 2.15. The van der Waals surface area contributed by atoms with E-state index in [1.54, 1.807) is 4.90 Å². The van der Waals surface area contributed by atoms with Crippen LogP contribution in [0.1, 0.15) is 31.2 Å². The highest BCUT2D eigenvalue weighted by Crippen LogP contribution is 2.27. The van der Waals surface area contributed by atoms with Crippen LogP contribution in [0.3, 0.4) is 0 Å². The molecule has 5 heteroatoms. The lowest BCUT2D eigenvalue weighted by molar-refractivity contribution is -0.138. The van der Waals surface area contributed by atoms with E-state index in [9.17, 15) is 9.59 Å². The lowest BCUT2D eigenvalue weighted by atomic mass is 10.2. The van der Waals surface area contributed by atoms with Crippen LogP contribution < -0.4 is 4.74 Å². The fourth-order valence-corrected chi connectivity index (χ4v) is 2.15. The quantitative estimate of drug-likeness (QED) is 0.797. The Hall–Kier alpha value is -2.04. The first-order chi connectivity index (χ1) is 10.1. The molecule has 2 rings (SSSR count). The average molecular weight is 291 g/mol. The Balaban J connectivity index is 1.76. The van der Waals surface area contributed by atoms with Gasteiger partial charge in [-0.1, -0.05) is 17.7 Å². The maximum atomic E-state index is 12.1. The van der Waals surface area contributed by atoms with E-state index in [-0.39, 0.29) is 24.8 Å². The van der Waals surface area contributed by atoms with Gasteiger partial charge < -0.3 is 14.7 Å². The number of aliphatic carboxylic acids is 1. The highest BCUT2D eigenvalue weighted by Gasteiger charge is 2.32. The van der Waals surface area contributed by atoms with Gasteiger partial charge in [-0.05, 0) is 31.9 Å². The van der Waals surface area contributed by atoms with Crippen molar-refractivity contribution in [3.05, 3.63) is 29.8 Å². The number of carboxylic acid groups (broad SMARTS) is 1. The number of hydrogen-bond donors (Lipinski definition) is 1. The molecule has 0 radical (unpaired) electrons. The lowest BCUT2D eigenvalue weighted by Crippen LogP contribution is -2.35. The molecule has 1 aliphatic rings. The molecule has 1 aliphatic carbocycles. The Labute approximate surface area is 124 Å². The van der Waals surface area contributed by atoms with Crippen molar-refractivity contribution in [2.75, 3.05) is 13.2 Å². The van der Waals surface area contributed by atoms with E-state index in [0.717, 1.165) is 24.2 Å². The van der Waals surface area contributed by atoms with Crippen molar-refractivity contribution >= 4 is 11.9 Å². The number of aryl methyl sites for hydroxylation is 1. The standard InChI is InChI=1S/C16H21NO4/c1-12-2-6-14(7-3-12)21-11-9-15(18)17(13-4-5-13)10-8-16(19)20/h2-3,6-7,13H,4-5,8-11H2,1H3,(H,19,20). The average Bonchev–Trinajstić information content (AvgIpc) is 3.25. The van der Waals surface area contributed by atoms with E-state index in [0.29, 0.717) is 13.2 Å². The Morgan fingerprint density at radius 1 is 1.24 bits per heavy atom. The number of carbonyl (C=O) groups excluding carboxylic acids is 1. The monoisotopic (exact) mass is 291 g/mol. The fraction of sp³-hybridized carbons (Fsp3) is 0.500. The van der Waals surface area contributed by atoms with Gasteiger partial charge in [0.2, 0.25) is 5.91 Å². The summed E-state index contributed by atoms with van der Waals surface area (Å²) in [7, 11) is 0. The maximum Gasteiger partial charge on any atom is 0.305 e. The third-order valence-electron chi connectivity index (χ3n) is 3.48. The van der Waals surface area contributed by atoms with Crippen LogP contribution in [0.2, 0.25) is 0 Å². The van der Waals surface area contributed by atoms with E-state index in [1.165, 1.54) is 0 Å².